The maximum Gasteiger partial charge on any atom is 0.410 e. The van der Waals surface area contributed by atoms with Crippen molar-refractivity contribution in [1.29, 1.82) is 0 Å². The fourth-order valence-corrected chi connectivity index (χ4v) is 3.16. The molecule has 0 saturated carbocycles. The quantitative estimate of drug-likeness (QED) is 0.918. The summed E-state index contributed by atoms with van der Waals surface area (Å²) >= 11 is 0. The Morgan fingerprint density at radius 1 is 1.39 bits per heavy atom. The van der Waals surface area contributed by atoms with E-state index < -0.39 is 5.60 Å². The number of carbonyl (C=O) groups excluding carboxylic acids is 1. The number of ether oxygens (including phenoxy) is 1. The van der Waals surface area contributed by atoms with Crippen LogP contribution in [0.3, 0.4) is 0 Å². The maximum atomic E-state index is 12.1. The normalized spacial score (nSPS) is 16.7. The molecule has 5 heteroatoms. The monoisotopic (exact) mass is 315 g/mol. The second-order valence-electron chi connectivity index (χ2n) is 7.35. The lowest BCUT2D eigenvalue weighted by atomic mass is 9.90. The minimum Gasteiger partial charge on any atom is -0.444 e. The molecule has 1 saturated heterocycles. The molecule has 1 aliphatic heterocycles. The summed E-state index contributed by atoms with van der Waals surface area (Å²) in [7, 11) is 0. The molecule has 2 aromatic heterocycles. The number of piperidine rings is 1. The zero-order chi connectivity index (χ0) is 16.4. The highest BCUT2D eigenvalue weighted by Gasteiger charge is 2.27. The van der Waals surface area contributed by atoms with Crippen molar-refractivity contribution in [3.63, 3.8) is 0 Å². The van der Waals surface area contributed by atoms with Gasteiger partial charge in [-0.05, 0) is 57.6 Å². The van der Waals surface area contributed by atoms with Crippen LogP contribution < -0.4 is 0 Å². The van der Waals surface area contributed by atoms with Crippen molar-refractivity contribution >= 4 is 17.0 Å². The Kier molecular flexibility index (Phi) is 4.28. The van der Waals surface area contributed by atoms with Gasteiger partial charge in [0.1, 0.15) is 5.60 Å². The van der Waals surface area contributed by atoms with Gasteiger partial charge in [-0.25, -0.2) is 4.79 Å². The van der Waals surface area contributed by atoms with Crippen molar-refractivity contribution < 1.29 is 9.53 Å². The summed E-state index contributed by atoms with van der Waals surface area (Å²) in [4.78, 5) is 21.4. The topological polar surface area (TPSA) is 58.2 Å². The van der Waals surface area contributed by atoms with Gasteiger partial charge in [-0.3, -0.25) is 4.98 Å². The van der Waals surface area contributed by atoms with Gasteiger partial charge in [-0.15, -0.1) is 0 Å². The lowest BCUT2D eigenvalue weighted by molar-refractivity contribution is 0.0184. The van der Waals surface area contributed by atoms with Crippen molar-refractivity contribution in [2.24, 2.45) is 5.92 Å². The summed E-state index contributed by atoms with van der Waals surface area (Å²) in [5.74, 6) is 0.612. The van der Waals surface area contributed by atoms with Gasteiger partial charge in [0.15, 0.2) is 0 Å². The molecule has 1 amide bonds. The Balaban J connectivity index is 1.56. The number of aromatic nitrogens is 2. The third kappa shape index (κ3) is 3.84. The second kappa shape index (κ2) is 6.22. The zero-order valence-electron chi connectivity index (χ0n) is 14.1. The first-order chi connectivity index (χ1) is 10.9. The lowest BCUT2D eigenvalue weighted by Gasteiger charge is -2.33. The van der Waals surface area contributed by atoms with Crippen LogP contribution in [0.15, 0.2) is 24.7 Å². The number of likely N-dealkylation sites (tertiary alicyclic amines) is 1. The van der Waals surface area contributed by atoms with Gasteiger partial charge in [0.05, 0.1) is 11.7 Å². The highest BCUT2D eigenvalue weighted by Crippen LogP contribution is 2.26. The van der Waals surface area contributed by atoms with Gasteiger partial charge in [-0.1, -0.05) is 0 Å². The van der Waals surface area contributed by atoms with E-state index in [1.54, 1.807) is 0 Å². The molecule has 0 aliphatic carbocycles. The Hall–Kier alpha value is -2.04. The van der Waals surface area contributed by atoms with Crippen molar-refractivity contribution in [2.75, 3.05) is 13.1 Å². The van der Waals surface area contributed by atoms with Crippen LogP contribution in [0.4, 0.5) is 4.79 Å². The van der Waals surface area contributed by atoms with Crippen LogP contribution in [-0.4, -0.2) is 39.7 Å². The van der Waals surface area contributed by atoms with Gasteiger partial charge < -0.3 is 14.6 Å². The number of fused-ring (bicyclic) bond motifs is 1. The van der Waals surface area contributed by atoms with Crippen LogP contribution in [-0.2, 0) is 11.2 Å². The molecule has 5 nitrogen and oxygen atoms in total. The molecule has 1 fully saturated rings. The predicted octanol–water partition coefficient (Wildman–Crippen LogP) is 3.75. The molecule has 0 radical (unpaired) electrons. The number of carbonyl (C=O) groups is 1. The minimum atomic E-state index is -0.425. The van der Waals surface area contributed by atoms with Crippen molar-refractivity contribution in [2.45, 2.75) is 45.6 Å². The maximum absolute atomic E-state index is 12.1. The Morgan fingerprint density at radius 3 is 2.83 bits per heavy atom. The molecule has 3 rings (SSSR count). The van der Waals surface area contributed by atoms with E-state index in [1.165, 1.54) is 10.9 Å². The van der Waals surface area contributed by atoms with Crippen LogP contribution in [0.1, 0.15) is 39.2 Å². The van der Waals surface area contributed by atoms with E-state index in [2.05, 4.69) is 22.2 Å². The molecule has 0 aromatic carbocycles. The molecule has 0 bridgehead atoms. The van der Waals surface area contributed by atoms with Crippen LogP contribution in [0.2, 0.25) is 0 Å². The molecule has 1 N–H and O–H groups in total. The summed E-state index contributed by atoms with van der Waals surface area (Å²) in [5.41, 5.74) is 2.01. The van der Waals surface area contributed by atoms with Gasteiger partial charge in [0.25, 0.3) is 0 Å². The van der Waals surface area contributed by atoms with Gasteiger partial charge >= 0.3 is 6.09 Å². The summed E-state index contributed by atoms with van der Waals surface area (Å²) in [6.45, 7) is 7.28. The van der Waals surface area contributed by atoms with E-state index in [4.69, 9.17) is 4.74 Å². The number of nitrogens with one attached hydrogen (secondary N) is 1. The van der Waals surface area contributed by atoms with E-state index in [0.29, 0.717) is 5.92 Å². The van der Waals surface area contributed by atoms with Gasteiger partial charge in [0, 0.05) is 30.9 Å². The predicted molar refractivity (Wildman–Crippen MR) is 90.3 cm³/mol. The molecule has 23 heavy (non-hydrogen) atoms. The lowest BCUT2D eigenvalue weighted by Crippen LogP contribution is -2.42. The van der Waals surface area contributed by atoms with E-state index in [1.807, 2.05) is 38.1 Å². The van der Waals surface area contributed by atoms with Crippen LogP contribution in [0, 0.1) is 5.92 Å². The summed E-state index contributed by atoms with van der Waals surface area (Å²) in [6, 6.07) is 2.07. The largest absolute Gasteiger partial charge is 0.444 e. The molecule has 3 heterocycles. The summed E-state index contributed by atoms with van der Waals surface area (Å²) in [6.07, 6.45) is 8.70. The average Bonchev–Trinajstić information content (AvgIpc) is 2.90. The fraction of sp³-hybridized carbons (Fsp3) is 0.556. The number of rotatable bonds is 2. The SMILES string of the molecule is CC(C)(C)OC(=O)N1CCC(Cc2c[nH]c3cnccc23)CC1. The number of aromatic amines is 1. The standard InChI is InChI=1S/C18H25N3O2/c1-18(2,3)23-17(22)21-8-5-13(6-9-21)10-14-11-20-16-12-19-7-4-15(14)16/h4,7,11-13,20H,5-6,8-10H2,1-3H3. The minimum absolute atomic E-state index is 0.186. The number of pyridine rings is 1. The first kappa shape index (κ1) is 15.8. The van der Waals surface area contributed by atoms with E-state index in [-0.39, 0.29) is 6.09 Å². The first-order valence-corrected chi connectivity index (χ1v) is 8.30. The number of hydrogen-bond acceptors (Lipinski definition) is 3. The highest BCUT2D eigenvalue weighted by molar-refractivity contribution is 5.82. The van der Waals surface area contributed by atoms with Gasteiger partial charge in [0.2, 0.25) is 0 Å². The van der Waals surface area contributed by atoms with Crippen LogP contribution in [0.5, 0.6) is 0 Å². The zero-order valence-corrected chi connectivity index (χ0v) is 14.1. The van der Waals surface area contributed by atoms with Crippen LogP contribution in [0.25, 0.3) is 10.9 Å². The molecular weight excluding hydrogens is 290 g/mol. The Morgan fingerprint density at radius 2 is 2.13 bits per heavy atom. The third-order valence-electron chi connectivity index (χ3n) is 4.34. The van der Waals surface area contributed by atoms with Gasteiger partial charge in [-0.2, -0.15) is 0 Å². The molecule has 124 valence electrons. The highest BCUT2D eigenvalue weighted by atomic mass is 16.6. The second-order valence-corrected chi connectivity index (χ2v) is 7.35. The molecule has 1 aliphatic rings. The van der Waals surface area contributed by atoms with Crippen molar-refractivity contribution in [1.82, 2.24) is 14.9 Å². The van der Waals surface area contributed by atoms with E-state index in [9.17, 15) is 4.79 Å². The molecule has 2 aromatic rings. The molecular formula is C18H25N3O2. The summed E-state index contributed by atoms with van der Waals surface area (Å²) in [5, 5.41) is 1.26. The number of hydrogen-bond donors (Lipinski definition) is 1. The summed E-state index contributed by atoms with van der Waals surface area (Å²) < 4.78 is 5.45. The smallest absolute Gasteiger partial charge is 0.410 e. The number of nitrogens with zero attached hydrogens (tertiary/aromatic N) is 2. The Bertz CT molecular complexity index is 679. The molecule has 0 spiro atoms. The average molecular weight is 315 g/mol. The molecule has 0 atom stereocenters. The fourth-order valence-electron chi connectivity index (χ4n) is 3.16. The Labute approximate surface area is 137 Å². The molecule has 0 unspecified atom stereocenters. The van der Waals surface area contributed by atoms with Crippen LogP contribution >= 0.6 is 0 Å². The third-order valence-corrected chi connectivity index (χ3v) is 4.34. The van der Waals surface area contributed by atoms with Crippen molar-refractivity contribution in [3.8, 4) is 0 Å². The number of H-pyrrole nitrogens is 1. The van der Waals surface area contributed by atoms with E-state index in [0.717, 1.165) is 37.9 Å². The van der Waals surface area contributed by atoms with E-state index >= 15 is 0 Å². The first-order valence-electron chi connectivity index (χ1n) is 8.30. The van der Waals surface area contributed by atoms with Crippen molar-refractivity contribution in [3.05, 3.63) is 30.2 Å². The number of amides is 1.